The summed E-state index contributed by atoms with van der Waals surface area (Å²) < 4.78 is 12.8. The molecule has 0 spiro atoms. The molecule has 1 aliphatic heterocycles. The van der Waals surface area contributed by atoms with Gasteiger partial charge in [-0.3, -0.25) is 4.57 Å². The van der Waals surface area contributed by atoms with E-state index >= 15 is 0 Å². The Morgan fingerprint density at radius 2 is 1.62 bits per heavy atom. The van der Waals surface area contributed by atoms with Gasteiger partial charge in [0.25, 0.3) is 0 Å². The molecule has 3 heterocycles. The molecule has 0 unspecified atom stereocenters. The van der Waals surface area contributed by atoms with Gasteiger partial charge in [-0.25, -0.2) is 15.0 Å². The third-order valence-corrected chi connectivity index (χ3v) is 7.98. The van der Waals surface area contributed by atoms with Gasteiger partial charge in [0.1, 0.15) is 24.1 Å². The number of methoxy groups -OCH3 is 1. The highest BCUT2D eigenvalue weighted by atomic mass is 16.6. The topological polar surface area (TPSA) is 150 Å². The monoisotopic (exact) mass is 605 g/mol. The Balaban J connectivity index is 1.31. The van der Waals surface area contributed by atoms with Gasteiger partial charge in [0, 0.05) is 26.1 Å². The zero-order valence-corrected chi connectivity index (χ0v) is 24.8. The summed E-state index contributed by atoms with van der Waals surface area (Å²) in [7, 11) is 1.52. The Hall–Kier alpha value is -4.70. The second kappa shape index (κ2) is 13.9. The van der Waals surface area contributed by atoms with Crippen molar-refractivity contribution in [1.82, 2.24) is 24.8 Å². The average Bonchev–Trinajstić information content (AvgIpc) is 3.62. The van der Waals surface area contributed by atoms with Crippen LogP contribution in [0.3, 0.4) is 0 Å². The first-order chi connectivity index (χ1) is 22.1. The predicted molar refractivity (Wildman–Crippen MR) is 168 cm³/mol. The molecule has 0 bridgehead atoms. The van der Waals surface area contributed by atoms with Crippen LogP contribution in [-0.4, -0.2) is 68.3 Å². The zero-order chi connectivity index (χ0) is 31.2. The molecular weight excluding hydrogens is 570 g/mol. The molecule has 2 aromatic heterocycles. The highest BCUT2D eigenvalue weighted by Crippen LogP contribution is 2.33. The first-order valence-corrected chi connectivity index (χ1v) is 14.8. The van der Waals surface area contributed by atoms with Crippen molar-refractivity contribution in [3.8, 4) is 6.07 Å². The van der Waals surface area contributed by atoms with Crippen molar-refractivity contribution in [2.24, 2.45) is 0 Å². The van der Waals surface area contributed by atoms with Gasteiger partial charge in [-0.2, -0.15) is 5.26 Å². The number of aliphatic hydroxyl groups is 2. The second-order valence-corrected chi connectivity index (χ2v) is 11.0. The molecule has 45 heavy (non-hydrogen) atoms. The molecule has 0 aliphatic carbocycles. The third-order valence-electron chi connectivity index (χ3n) is 7.98. The lowest BCUT2D eigenvalue weighted by Crippen LogP contribution is -2.33. The molecular formula is C34H35N7O4. The summed E-state index contributed by atoms with van der Waals surface area (Å²) in [4.78, 5) is 14.3. The summed E-state index contributed by atoms with van der Waals surface area (Å²) in [6.07, 6.45) is -2.38. The van der Waals surface area contributed by atoms with Crippen LogP contribution in [0.15, 0.2) is 91.3 Å². The van der Waals surface area contributed by atoms with Crippen molar-refractivity contribution in [1.29, 1.82) is 5.26 Å². The number of nitrogens with one attached hydrogen (secondary N) is 2. The van der Waals surface area contributed by atoms with Gasteiger partial charge in [-0.15, -0.1) is 0 Å². The fraction of sp³-hybridized carbons (Fsp3) is 0.294. The summed E-state index contributed by atoms with van der Waals surface area (Å²) in [5.74, 6) is 1.10. The van der Waals surface area contributed by atoms with E-state index in [-0.39, 0.29) is 12.5 Å². The molecule has 3 aromatic carbocycles. The van der Waals surface area contributed by atoms with E-state index in [0.29, 0.717) is 48.0 Å². The molecule has 6 rings (SSSR count). The molecule has 0 radical (unpaired) electrons. The van der Waals surface area contributed by atoms with E-state index in [1.807, 2.05) is 48.5 Å². The second-order valence-electron chi connectivity index (χ2n) is 11.0. The summed E-state index contributed by atoms with van der Waals surface area (Å²) >= 11 is 0. The van der Waals surface area contributed by atoms with E-state index < -0.39 is 24.5 Å². The van der Waals surface area contributed by atoms with Crippen LogP contribution in [-0.2, 0) is 22.6 Å². The minimum atomic E-state index is -1.20. The maximum absolute atomic E-state index is 10.9. The van der Waals surface area contributed by atoms with Crippen molar-refractivity contribution in [2.75, 3.05) is 25.6 Å². The average molecular weight is 606 g/mol. The van der Waals surface area contributed by atoms with E-state index in [0.717, 1.165) is 16.7 Å². The number of aromatic nitrogens is 4. The van der Waals surface area contributed by atoms with E-state index in [9.17, 15) is 10.2 Å². The Morgan fingerprint density at radius 3 is 2.27 bits per heavy atom. The summed E-state index contributed by atoms with van der Waals surface area (Å²) in [6, 6.07) is 30.1. The van der Waals surface area contributed by atoms with Crippen LogP contribution in [0.4, 0.5) is 5.82 Å². The SMILES string of the molecule is COC[C@H]1O[C@@H](n2cnc3c(NCC(c4ccccc4)c4ccccc4)nc(CNCc4ccc(C#N)cc4)nc32)[C@H](O)[C@@H]1O. The fourth-order valence-electron chi connectivity index (χ4n) is 5.62. The number of hydrogen-bond acceptors (Lipinski definition) is 10. The number of aliphatic hydroxyl groups excluding tert-OH is 2. The normalized spacial score (nSPS) is 19.6. The Bertz CT molecular complexity index is 1700. The Labute approximate surface area is 261 Å². The zero-order valence-electron chi connectivity index (χ0n) is 24.8. The van der Waals surface area contributed by atoms with Gasteiger partial charge in [-0.1, -0.05) is 72.8 Å². The molecule has 1 aliphatic rings. The Kier molecular flexibility index (Phi) is 9.40. The van der Waals surface area contributed by atoms with Gasteiger partial charge < -0.3 is 30.3 Å². The van der Waals surface area contributed by atoms with E-state index in [2.05, 4.69) is 46.0 Å². The largest absolute Gasteiger partial charge is 0.387 e. The van der Waals surface area contributed by atoms with Gasteiger partial charge >= 0.3 is 0 Å². The smallest absolute Gasteiger partial charge is 0.168 e. The van der Waals surface area contributed by atoms with Crippen molar-refractivity contribution >= 4 is 17.0 Å². The number of fused-ring (bicyclic) bond motifs is 1. The van der Waals surface area contributed by atoms with Crippen LogP contribution in [0, 0.1) is 11.3 Å². The fourth-order valence-corrected chi connectivity index (χ4v) is 5.62. The standard InChI is InChI=1S/C34H35N7O4/c1-44-20-27-30(42)31(43)34(45-27)41-21-38-29-32(37-18-26(24-8-4-2-5-9-24)25-10-6-3-7-11-25)39-28(40-33(29)41)19-36-17-23-14-12-22(16-35)13-15-23/h2-15,21,26-27,30-31,34,36,42-43H,17-20H2,1H3,(H,37,39,40)/t27-,30-,31-,34-/m1/s1. The number of imidazole rings is 1. The summed E-state index contributed by atoms with van der Waals surface area (Å²) in [5.41, 5.74) is 4.94. The summed E-state index contributed by atoms with van der Waals surface area (Å²) in [6.45, 7) is 1.57. The molecule has 4 atom stereocenters. The van der Waals surface area contributed by atoms with Crippen LogP contribution in [0.25, 0.3) is 11.2 Å². The number of hydrogen-bond donors (Lipinski definition) is 4. The molecule has 0 amide bonds. The molecule has 1 saturated heterocycles. The van der Waals surface area contributed by atoms with E-state index in [4.69, 9.17) is 24.7 Å². The number of nitrogens with zero attached hydrogens (tertiary/aromatic N) is 5. The maximum atomic E-state index is 10.9. The molecule has 0 saturated carbocycles. The molecule has 230 valence electrons. The van der Waals surface area contributed by atoms with E-state index in [1.165, 1.54) is 7.11 Å². The van der Waals surface area contributed by atoms with Crippen LogP contribution >= 0.6 is 0 Å². The van der Waals surface area contributed by atoms with Gasteiger partial charge in [0.15, 0.2) is 23.2 Å². The third kappa shape index (κ3) is 6.71. The highest BCUT2D eigenvalue weighted by molar-refractivity contribution is 5.83. The van der Waals surface area contributed by atoms with Crippen molar-refractivity contribution in [3.05, 3.63) is 119 Å². The van der Waals surface area contributed by atoms with Gasteiger partial charge in [0.2, 0.25) is 0 Å². The number of anilines is 1. The number of nitriles is 1. The highest BCUT2D eigenvalue weighted by Gasteiger charge is 2.44. The minimum absolute atomic E-state index is 0.0439. The van der Waals surface area contributed by atoms with Crippen molar-refractivity contribution in [3.63, 3.8) is 0 Å². The van der Waals surface area contributed by atoms with Crippen molar-refractivity contribution in [2.45, 2.75) is 43.5 Å². The lowest BCUT2D eigenvalue weighted by atomic mass is 9.91. The molecule has 1 fully saturated rings. The van der Waals surface area contributed by atoms with Crippen LogP contribution in [0.5, 0.6) is 0 Å². The van der Waals surface area contributed by atoms with Crippen molar-refractivity contribution < 1.29 is 19.7 Å². The van der Waals surface area contributed by atoms with Gasteiger partial charge in [-0.05, 0) is 28.8 Å². The maximum Gasteiger partial charge on any atom is 0.168 e. The number of rotatable bonds is 12. The Morgan fingerprint density at radius 1 is 0.933 bits per heavy atom. The minimum Gasteiger partial charge on any atom is -0.387 e. The van der Waals surface area contributed by atoms with Crippen LogP contribution in [0.1, 0.15) is 40.2 Å². The molecule has 4 N–H and O–H groups in total. The molecule has 11 nitrogen and oxygen atoms in total. The first kappa shape index (κ1) is 30.3. The lowest BCUT2D eigenvalue weighted by molar-refractivity contribution is -0.0580. The van der Waals surface area contributed by atoms with Gasteiger partial charge in [0.05, 0.1) is 31.1 Å². The number of ether oxygens (including phenoxy) is 2. The predicted octanol–water partition coefficient (Wildman–Crippen LogP) is 3.50. The lowest BCUT2D eigenvalue weighted by Gasteiger charge is -2.20. The van der Waals surface area contributed by atoms with Crippen LogP contribution < -0.4 is 10.6 Å². The quantitative estimate of drug-likeness (QED) is 0.166. The summed E-state index contributed by atoms with van der Waals surface area (Å²) in [5, 5.41) is 37.5. The molecule has 11 heteroatoms. The first-order valence-electron chi connectivity index (χ1n) is 14.8. The number of benzene rings is 3. The molecule has 5 aromatic rings. The van der Waals surface area contributed by atoms with E-state index in [1.54, 1.807) is 23.0 Å². The van der Waals surface area contributed by atoms with Crippen LogP contribution in [0.2, 0.25) is 0 Å².